The molecule has 1 atom stereocenters. The SMILES string of the molecule is CCNC(=NCCCN(C(C)C)C(C)C)N1CCN(C(=O)C2CCCO2)CC1. The van der Waals surface area contributed by atoms with Gasteiger partial charge in [-0.15, -0.1) is 0 Å². The average molecular weight is 396 g/mol. The van der Waals surface area contributed by atoms with Crippen LogP contribution in [-0.4, -0.2) is 97.2 Å². The van der Waals surface area contributed by atoms with Crippen LogP contribution in [0.25, 0.3) is 0 Å². The van der Waals surface area contributed by atoms with Crippen LogP contribution in [0, 0.1) is 0 Å². The Morgan fingerprint density at radius 1 is 1.14 bits per heavy atom. The summed E-state index contributed by atoms with van der Waals surface area (Å²) in [5.74, 6) is 1.15. The summed E-state index contributed by atoms with van der Waals surface area (Å²) >= 11 is 0. The van der Waals surface area contributed by atoms with Crippen molar-refractivity contribution >= 4 is 11.9 Å². The maximum absolute atomic E-state index is 12.5. The van der Waals surface area contributed by atoms with Crippen molar-refractivity contribution in [3.05, 3.63) is 0 Å². The minimum absolute atomic E-state index is 0.168. The van der Waals surface area contributed by atoms with E-state index in [1.807, 2.05) is 4.90 Å². The van der Waals surface area contributed by atoms with Crippen LogP contribution >= 0.6 is 0 Å². The Bertz CT molecular complexity index is 487. The van der Waals surface area contributed by atoms with E-state index in [0.717, 1.165) is 77.6 Å². The van der Waals surface area contributed by atoms with Gasteiger partial charge in [-0.05, 0) is 53.9 Å². The largest absolute Gasteiger partial charge is 0.368 e. The lowest BCUT2D eigenvalue weighted by molar-refractivity contribution is -0.142. The minimum Gasteiger partial charge on any atom is -0.368 e. The van der Waals surface area contributed by atoms with E-state index in [4.69, 9.17) is 9.73 Å². The topological polar surface area (TPSA) is 60.4 Å². The van der Waals surface area contributed by atoms with Crippen LogP contribution in [0.15, 0.2) is 4.99 Å². The zero-order valence-electron chi connectivity index (χ0n) is 18.6. The number of rotatable bonds is 8. The van der Waals surface area contributed by atoms with Gasteiger partial charge in [-0.25, -0.2) is 0 Å². The Hall–Kier alpha value is -1.34. The van der Waals surface area contributed by atoms with Crippen molar-refractivity contribution in [3.63, 3.8) is 0 Å². The van der Waals surface area contributed by atoms with Gasteiger partial charge in [0.05, 0.1) is 0 Å². The van der Waals surface area contributed by atoms with Gasteiger partial charge in [0, 0.05) is 64.5 Å². The first-order valence-corrected chi connectivity index (χ1v) is 11.1. The molecule has 1 amide bonds. The summed E-state index contributed by atoms with van der Waals surface area (Å²) in [5, 5.41) is 3.42. The summed E-state index contributed by atoms with van der Waals surface area (Å²) in [5.41, 5.74) is 0. The van der Waals surface area contributed by atoms with Gasteiger partial charge < -0.3 is 19.9 Å². The predicted octanol–water partition coefficient (Wildman–Crippen LogP) is 1.78. The molecule has 0 bridgehead atoms. The first-order chi connectivity index (χ1) is 13.4. The Balaban J connectivity index is 1.81. The Labute approximate surface area is 171 Å². The van der Waals surface area contributed by atoms with Crippen molar-refractivity contribution in [1.82, 2.24) is 20.0 Å². The number of ether oxygens (including phenoxy) is 1. The molecule has 0 saturated carbocycles. The van der Waals surface area contributed by atoms with E-state index in [0.29, 0.717) is 12.1 Å². The molecule has 2 aliphatic rings. The second kappa shape index (κ2) is 11.6. The number of carbonyl (C=O) groups excluding carboxylic acids is 1. The summed E-state index contributed by atoms with van der Waals surface area (Å²) in [4.78, 5) is 24.1. The van der Waals surface area contributed by atoms with Gasteiger partial charge in [-0.2, -0.15) is 0 Å². The van der Waals surface area contributed by atoms with Crippen molar-refractivity contribution in [2.24, 2.45) is 4.99 Å². The van der Waals surface area contributed by atoms with Crippen LogP contribution in [0.5, 0.6) is 0 Å². The monoisotopic (exact) mass is 395 g/mol. The van der Waals surface area contributed by atoms with E-state index < -0.39 is 0 Å². The number of hydrogen-bond donors (Lipinski definition) is 1. The molecular formula is C21H41N5O2. The number of guanidine groups is 1. The molecule has 2 fully saturated rings. The molecule has 1 N–H and O–H groups in total. The molecule has 2 aliphatic heterocycles. The Morgan fingerprint density at radius 3 is 2.32 bits per heavy atom. The summed E-state index contributed by atoms with van der Waals surface area (Å²) in [6.07, 6.45) is 2.71. The van der Waals surface area contributed by atoms with Crippen molar-refractivity contribution in [3.8, 4) is 0 Å². The van der Waals surface area contributed by atoms with Crippen LogP contribution in [0.3, 0.4) is 0 Å². The van der Waals surface area contributed by atoms with Gasteiger partial charge >= 0.3 is 0 Å². The van der Waals surface area contributed by atoms with Gasteiger partial charge in [0.2, 0.25) is 0 Å². The lowest BCUT2D eigenvalue weighted by Crippen LogP contribution is -2.55. The molecule has 0 aliphatic carbocycles. The number of nitrogens with zero attached hydrogens (tertiary/aromatic N) is 4. The minimum atomic E-state index is -0.210. The Morgan fingerprint density at radius 2 is 1.79 bits per heavy atom. The van der Waals surface area contributed by atoms with Crippen molar-refractivity contribution in [2.75, 3.05) is 52.4 Å². The summed E-state index contributed by atoms with van der Waals surface area (Å²) in [6, 6.07) is 1.12. The first-order valence-electron chi connectivity index (χ1n) is 11.1. The quantitative estimate of drug-likeness (QED) is 0.386. The van der Waals surface area contributed by atoms with Crippen molar-refractivity contribution in [1.29, 1.82) is 0 Å². The number of piperazine rings is 1. The van der Waals surface area contributed by atoms with Gasteiger partial charge in [0.25, 0.3) is 5.91 Å². The van der Waals surface area contributed by atoms with Crippen LogP contribution in [0.4, 0.5) is 0 Å². The molecule has 0 radical (unpaired) electrons. The number of amides is 1. The molecule has 0 spiro atoms. The highest BCUT2D eigenvalue weighted by Gasteiger charge is 2.30. The normalized spacial score (nSPS) is 21.3. The van der Waals surface area contributed by atoms with Gasteiger partial charge in [0.15, 0.2) is 5.96 Å². The third-order valence-corrected chi connectivity index (χ3v) is 5.59. The van der Waals surface area contributed by atoms with Crippen LogP contribution < -0.4 is 5.32 Å². The fourth-order valence-corrected chi connectivity index (χ4v) is 4.09. The van der Waals surface area contributed by atoms with E-state index >= 15 is 0 Å². The number of hydrogen-bond acceptors (Lipinski definition) is 4. The van der Waals surface area contributed by atoms with E-state index in [1.165, 1.54) is 0 Å². The Kier molecular flexibility index (Phi) is 9.51. The van der Waals surface area contributed by atoms with Crippen LogP contribution in [0.2, 0.25) is 0 Å². The fourth-order valence-electron chi connectivity index (χ4n) is 4.09. The van der Waals surface area contributed by atoms with E-state index in [1.54, 1.807) is 0 Å². The summed E-state index contributed by atoms with van der Waals surface area (Å²) < 4.78 is 5.55. The van der Waals surface area contributed by atoms with Gasteiger partial charge in [-0.1, -0.05) is 0 Å². The van der Waals surface area contributed by atoms with Crippen molar-refractivity contribution < 1.29 is 9.53 Å². The van der Waals surface area contributed by atoms with E-state index in [2.05, 4.69) is 49.7 Å². The molecule has 2 heterocycles. The molecule has 162 valence electrons. The molecule has 2 saturated heterocycles. The maximum atomic E-state index is 12.5. The number of carbonyl (C=O) groups is 1. The van der Waals surface area contributed by atoms with Crippen LogP contribution in [0.1, 0.15) is 53.9 Å². The first kappa shape index (κ1) is 22.9. The second-order valence-electron chi connectivity index (χ2n) is 8.33. The molecule has 1 unspecified atom stereocenters. The average Bonchev–Trinajstić information content (AvgIpc) is 3.20. The zero-order valence-corrected chi connectivity index (χ0v) is 18.6. The molecule has 2 rings (SSSR count). The van der Waals surface area contributed by atoms with E-state index in [-0.39, 0.29) is 12.0 Å². The maximum Gasteiger partial charge on any atom is 0.251 e. The zero-order chi connectivity index (χ0) is 20.5. The molecule has 0 aromatic carbocycles. The third-order valence-electron chi connectivity index (χ3n) is 5.59. The van der Waals surface area contributed by atoms with Gasteiger partial charge in [-0.3, -0.25) is 14.7 Å². The molecular weight excluding hydrogens is 354 g/mol. The smallest absolute Gasteiger partial charge is 0.251 e. The highest BCUT2D eigenvalue weighted by molar-refractivity contribution is 5.82. The third kappa shape index (κ3) is 6.62. The molecule has 28 heavy (non-hydrogen) atoms. The van der Waals surface area contributed by atoms with Crippen LogP contribution in [-0.2, 0) is 9.53 Å². The molecule has 7 heteroatoms. The number of aliphatic imine (C=N–C) groups is 1. The standard InChI is InChI=1S/C21H41N5O2/c1-6-22-21(23-10-8-11-26(17(2)3)18(4)5)25-14-12-24(13-15-25)20(27)19-9-7-16-28-19/h17-19H,6-16H2,1-5H3,(H,22,23). The second-order valence-corrected chi connectivity index (χ2v) is 8.33. The fraction of sp³-hybridized carbons (Fsp3) is 0.905. The molecule has 7 nitrogen and oxygen atoms in total. The molecule has 0 aromatic rings. The van der Waals surface area contributed by atoms with Crippen molar-refractivity contribution in [2.45, 2.75) is 72.1 Å². The lowest BCUT2D eigenvalue weighted by atomic mass is 10.2. The predicted molar refractivity (Wildman–Crippen MR) is 115 cm³/mol. The lowest BCUT2D eigenvalue weighted by Gasteiger charge is -2.37. The molecule has 0 aromatic heterocycles. The van der Waals surface area contributed by atoms with Gasteiger partial charge in [0.1, 0.15) is 6.10 Å². The highest BCUT2D eigenvalue weighted by atomic mass is 16.5. The van der Waals surface area contributed by atoms with E-state index in [9.17, 15) is 4.79 Å². The number of nitrogens with one attached hydrogen (secondary N) is 1. The summed E-state index contributed by atoms with van der Waals surface area (Å²) in [6.45, 7) is 17.8. The summed E-state index contributed by atoms with van der Waals surface area (Å²) in [7, 11) is 0. The highest BCUT2D eigenvalue weighted by Crippen LogP contribution is 2.16.